The Hall–Kier alpha value is -6.49. The summed E-state index contributed by atoms with van der Waals surface area (Å²) in [5, 5.41) is 3.42. The van der Waals surface area contributed by atoms with Gasteiger partial charge in [-0.05, 0) is 129 Å². The van der Waals surface area contributed by atoms with Crippen molar-refractivity contribution in [3.8, 4) is 66.9 Å². The van der Waals surface area contributed by atoms with Gasteiger partial charge in [0.2, 0.25) is 0 Å². The van der Waals surface area contributed by atoms with Crippen LogP contribution in [0.25, 0.3) is 78.0 Å². The van der Waals surface area contributed by atoms with E-state index in [4.69, 9.17) is 9.97 Å². The fourth-order valence-corrected chi connectivity index (χ4v) is 7.41. The lowest BCUT2D eigenvalue weighted by molar-refractivity contribution is 0.734. The Balaban J connectivity index is 1.13. The number of hydrogen-bond acceptors (Lipinski definition) is 4. The van der Waals surface area contributed by atoms with Gasteiger partial charge in [-0.25, -0.2) is 9.97 Å². The minimum absolute atomic E-state index is 0.788. The van der Waals surface area contributed by atoms with Crippen molar-refractivity contribution in [1.82, 2.24) is 15.3 Å². The number of hydrogen-bond donors (Lipinski definition) is 1. The van der Waals surface area contributed by atoms with Gasteiger partial charge in [0.05, 0.1) is 11.4 Å². The summed E-state index contributed by atoms with van der Waals surface area (Å²) < 4.78 is 0. The van der Waals surface area contributed by atoms with E-state index in [1.807, 2.05) is 6.21 Å². The molecule has 0 bridgehead atoms. The number of nitrogens with one attached hydrogen (secondary N) is 1. The molecule has 0 saturated heterocycles. The van der Waals surface area contributed by atoms with Crippen molar-refractivity contribution in [3.05, 3.63) is 181 Å². The van der Waals surface area contributed by atoms with Crippen LogP contribution in [0.4, 0.5) is 0 Å². The van der Waals surface area contributed by atoms with Crippen LogP contribution in [0, 0.1) is 0 Å². The molecule has 2 aliphatic rings. The fourth-order valence-electron chi connectivity index (χ4n) is 7.41. The lowest BCUT2D eigenvalue weighted by atomic mass is 9.91. The third-order valence-electron chi connectivity index (χ3n) is 10.4. The van der Waals surface area contributed by atoms with E-state index < -0.39 is 0 Å². The van der Waals surface area contributed by atoms with Crippen molar-refractivity contribution >= 4 is 17.4 Å². The molecule has 4 heteroatoms. The first kappa shape index (κ1) is 33.4. The van der Waals surface area contributed by atoms with Crippen LogP contribution in [-0.4, -0.2) is 35.8 Å². The highest BCUT2D eigenvalue weighted by Crippen LogP contribution is 2.37. The van der Waals surface area contributed by atoms with Gasteiger partial charge in [0.25, 0.3) is 0 Å². The summed E-state index contributed by atoms with van der Waals surface area (Å²) in [4.78, 5) is 14.6. The molecule has 9 rings (SSSR count). The second-order valence-electron chi connectivity index (χ2n) is 13.9. The molecule has 1 N–H and O–H groups in total. The molecule has 6 aromatic carbocycles. The molecule has 0 atom stereocenters. The van der Waals surface area contributed by atoms with E-state index in [1.165, 1.54) is 61.2 Å². The third-order valence-corrected chi connectivity index (χ3v) is 10.4. The van der Waals surface area contributed by atoms with Crippen molar-refractivity contribution in [2.45, 2.75) is 12.8 Å². The summed E-state index contributed by atoms with van der Waals surface area (Å²) in [5.41, 5.74) is 17.3. The number of rotatable bonds is 8. The molecule has 2 aliphatic heterocycles. The molecule has 0 aliphatic carbocycles. The maximum Gasteiger partial charge on any atom is 0.156 e. The van der Waals surface area contributed by atoms with Crippen molar-refractivity contribution in [2.75, 3.05) is 19.6 Å². The molecule has 0 spiro atoms. The Morgan fingerprint density at radius 3 is 1.46 bits per heavy atom. The largest absolute Gasteiger partial charge is 0.313 e. The number of dihydropyridines is 1. The average Bonchev–Trinajstić information content (AvgIpc) is 3.27. The molecule has 260 valence electrons. The van der Waals surface area contributed by atoms with Crippen molar-refractivity contribution < 1.29 is 0 Å². The van der Waals surface area contributed by atoms with Gasteiger partial charge >= 0.3 is 0 Å². The van der Waals surface area contributed by atoms with Crippen LogP contribution >= 0.6 is 0 Å². The normalized spacial score (nSPS) is 14.0. The topological polar surface area (TPSA) is 50.2 Å². The Bertz CT molecular complexity index is 2430. The summed E-state index contributed by atoms with van der Waals surface area (Å²) in [5.74, 6) is 0.823. The van der Waals surface area contributed by atoms with E-state index in [1.54, 1.807) is 0 Å². The van der Waals surface area contributed by atoms with E-state index >= 15 is 0 Å². The summed E-state index contributed by atoms with van der Waals surface area (Å²) in [6, 6.07) is 56.9. The van der Waals surface area contributed by atoms with Crippen LogP contribution in [0.1, 0.15) is 24.4 Å². The molecule has 4 nitrogen and oxygen atoms in total. The van der Waals surface area contributed by atoms with Crippen LogP contribution in [0.3, 0.4) is 0 Å². The first-order chi connectivity index (χ1) is 26.7. The number of benzene rings is 6. The number of aromatic nitrogens is 2. The fraction of sp³-hybridized carbons (Fsp3) is 0.100. The van der Waals surface area contributed by atoms with E-state index in [2.05, 4.69) is 180 Å². The van der Waals surface area contributed by atoms with Crippen LogP contribution in [-0.2, 0) is 0 Å². The molecular formula is C50H40N4. The summed E-state index contributed by atoms with van der Waals surface area (Å²) >= 11 is 0. The van der Waals surface area contributed by atoms with Gasteiger partial charge in [0, 0.05) is 24.9 Å². The van der Waals surface area contributed by atoms with E-state index in [0.29, 0.717) is 0 Å². The molecule has 7 aromatic rings. The SMILES string of the molecule is C1=NCCC(c2cc(-c3ccc(-c4cc(-c5cccc(-c6ccccc6)c5)cc(-c5cccc(-c6ccccc6)c5)c4)cc3)nc(C3=CCNCC3)n2)=C1. The lowest BCUT2D eigenvalue weighted by Gasteiger charge is -2.16. The second kappa shape index (κ2) is 15.2. The predicted octanol–water partition coefficient (Wildman–Crippen LogP) is 11.7. The summed E-state index contributed by atoms with van der Waals surface area (Å²) in [6.07, 6.45) is 8.02. The smallest absolute Gasteiger partial charge is 0.156 e. The van der Waals surface area contributed by atoms with E-state index in [-0.39, 0.29) is 0 Å². The zero-order valence-corrected chi connectivity index (χ0v) is 30.1. The molecule has 0 fully saturated rings. The van der Waals surface area contributed by atoms with Crippen molar-refractivity contribution in [1.29, 1.82) is 0 Å². The zero-order valence-electron chi connectivity index (χ0n) is 30.1. The first-order valence-electron chi connectivity index (χ1n) is 18.8. The maximum atomic E-state index is 5.13. The maximum absolute atomic E-state index is 5.13. The number of aliphatic imine (C=N–C) groups is 1. The average molecular weight is 697 g/mol. The predicted molar refractivity (Wildman–Crippen MR) is 226 cm³/mol. The van der Waals surface area contributed by atoms with Crippen LogP contribution in [0.5, 0.6) is 0 Å². The van der Waals surface area contributed by atoms with E-state index in [0.717, 1.165) is 60.8 Å². The lowest BCUT2D eigenvalue weighted by Crippen LogP contribution is -2.21. The highest BCUT2D eigenvalue weighted by molar-refractivity contribution is 5.87. The molecular weight excluding hydrogens is 657 g/mol. The summed E-state index contributed by atoms with van der Waals surface area (Å²) in [7, 11) is 0. The van der Waals surface area contributed by atoms with Gasteiger partial charge in [0.1, 0.15) is 0 Å². The summed E-state index contributed by atoms with van der Waals surface area (Å²) in [6.45, 7) is 2.57. The Morgan fingerprint density at radius 1 is 0.407 bits per heavy atom. The van der Waals surface area contributed by atoms with Gasteiger partial charge in [-0.2, -0.15) is 0 Å². The number of allylic oxidation sites excluding steroid dienone is 1. The van der Waals surface area contributed by atoms with Crippen LogP contribution in [0.15, 0.2) is 175 Å². The second-order valence-corrected chi connectivity index (χ2v) is 13.9. The van der Waals surface area contributed by atoms with Crippen LogP contribution in [0.2, 0.25) is 0 Å². The molecule has 0 radical (unpaired) electrons. The van der Waals surface area contributed by atoms with Gasteiger partial charge in [0.15, 0.2) is 5.82 Å². The molecule has 0 amide bonds. The van der Waals surface area contributed by atoms with Gasteiger partial charge in [-0.3, -0.25) is 4.99 Å². The molecule has 3 heterocycles. The Labute approximate surface area is 317 Å². The quantitative estimate of drug-likeness (QED) is 0.172. The minimum atomic E-state index is 0.788. The third kappa shape index (κ3) is 7.25. The Kier molecular flexibility index (Phi) is 9.41. The van der Waals surface area contributed by atoms with Crippen molar-refractivity contribution in [2.24, 2.45) is 4.99 Å². The molecule has 0 unspecified atom stereocenters. The molecule has 1 aromatic heterocycles. The Morgan fingerprint density at radius 2 is 0.907 bits per heavy atom. The first-order valence-corrected chi connectivity index (χ1v) is 18.8. The highest BCUT2D eigenvalue weighted by atomic mass is 14.9. The van der Waals surface area contributed by atoms with Gasteiger partial charge in [-0.1, -0.05) is 127 Å². The zero-order chi connectivity index (χ0) is 36.1. The van der Waals surface area contributed by atoms with Gasteiger partial charge < -0.3 is 5.32 Å². The van der Waals surface area contributed by atoms with Gasteiger partial charge in [-0.15, -0.1) is 0 Å². The molecule has 0 saturated carbocycles. The highest BCUT2D eigenvalue weighted by Gasteiger charge is 2.16. The standard InChI is InChI=1S/C50H40N4/c1-3-9-35(10-4-1)41-13-7-15-43(29-41)46-31-45(32-47(33-46)44-16-8-14-42(30-44)36-11-5-2-6-12-36)37-17-19-38(20-18-37)48-34-49(39-21-25-51-26-22-39)54-50(53-48)40-23-27-52-28-24-40/h1-21,23,25,29-34,52H,22,24,26-28H2. The van der Waals surface area contributed by atoms with Crippen LogP contribution < -0.4 is 5.32 Å². The number of nitrogens with zero attached hydrogens (tertiary/aromatic N) is 3. The molecule has 54 heavy (non-hydrogen) atoms. The van der Waals surface area contributed by atoms with Crippen molar-refractivity contribution in [3.63, 3.8) is 0 Å². The monoisotopic (exact) mass is 696 g/mol. The minimum Gasteiger partial charge on any atom is -0.313 e. The van der Waals surface area contributed by atoms with E-state index in [9.17, 15) is 0 Å².